The smallest absolute Gasteiger partial charge is 0.271 e. The zero-order valence-corrected chi connectivity index (χ0v) is 9.32. The fraction of sp³-hybridized carbons (Fsp3) is 0.100. The molecule has 0 radical (unpaired) electrons. The van der Waals surface area contributed by atoms with Gasteiger partial charge in [-0.15, -0.1) is 0 Å². The standard InChI is InChI=1S/C10H10N2O3S/c1-7-5-10(13)12(11-7)8-3-2-4-9(6-8)16(14)15/h2-6,11H,1H3,(H,14,15). The first-order valence-corrected chi connectivity index (χ1v) is 5.68. The van der Waals surface area contributed by atoms with Gasteiger partial charge in [0.15, 0.2) is 11.1 Å². The number of hydrogen-bond acceptors (Lipinski definition) is 2. The predicted octanol–water partition coefficient (Wildman–Crippen LogP) is 1.05. The highest BCUT2D eigenvalue weighted by atomic mass is 32.2. The van der Waals surface area contributed by atoms with Gasteiger partial charge in [0.2, 0.25) is 0 Å². The molecule has 0 aliphatic heterocycles. The minimum absolute atomic E-state index is 0.196. The molecule has 5 nitrogen and oxygen atoms in total. The molecule has 2 N–H and O–H groups in total. The van der Waals surface area contributed by atoms with Crippen molar-refractivity contribution in [3.05, 3.63) is 46.4 Å². The molecule has 0 saturated heterocycles. The Bertz CT molecular complexity index is 600. The highest BCUT2D eigenvalue weighted by Gasteiger charge is 2.05. The first-order valence-electron chi connectivity index (χ1n) is 4.58. The van der Waals surface area contributed by atoms with E-state index in [1.807, 2.05) is 0 Å². The van der Waals surface area contributed by atoms with Crippen LogP contribution in [0.2, 0.25) is 0 Å². The Hall–Kier alpha value is -1.66. The molecule has 0 aliphatic rings. The summed E-state index contributed by atoms with van der Waals surface area (Å²) >= 11 is -2.04. The highest BCUT2D eigenvalue weighted by molar-refractivity contribution is 7.79. The first-order chi connectivity index (χ1) is 7.58. The quantitative estimate of drug-likeness (QED) is 0.768. The molecule has 2 rings (SSSR count). The Morgan fingerprint density at radius 2 is 2.12 bits per heavy atom. The van der Waals surface area contributed by atoms with Gasteiger partial charge in [-0.05, 0) is 25.1 Å². The van der Waals surface area contributed by atoms with Crippen LogP contribution < -0.4 is 5.56 Å². The molecule has 0 fully saturated rings. The van der Waals surface area contributed by atoms with Crippen molar-refractivity contribution in [1.82, 2.24) is 9.78 Å². The van der Waals surface area contributed by atoms with Crippen LogP contribution in [0.25, 0.3) is 5.69 Å². The van der Waals surface area contributed by atoms with Crippen LogP contribution in [0.3, 0.4) is 0 Å². The molecule has 0 amide bonds. The fourth-order valence-electron chi connectivity index (χ4n) is 1.44. The fourth-order valence-corrected chi connectivity index (χ4v) is 1.85. The third-order valence-corrected chi connectivity index (χ3v) is 2.78. The minimum Gasteiger partial charge on any atom is -0.302 e. The first kappa shape index (κ1) is 10.8. The number of aryl methyl sites for hydroxylation is 1. The van der Waals surface area contributed by atoms with Gasteiger partial charge in [-0.3, -0.25) is 9.89 Å². The van der Waals surface area contributed by atoms with Crippen molar-refractivity contribution < 1.29 is 8.76 Å². The monoisotopic (exact) mass is 238 g/mol. The third-order valence-electron chi connectivity index (χ3n) is 2.13. The number of H-pyrrole nitrogens is 1. The van der Waals surface area contributed by atoms with E-state index >= 15 is 0 Å². The summed E-state index contributed by atoms with van der Waals surface area (Å²) in [6.45, 7) is 1.77. The zero-order valence-electron chi connectivity index (χ0n) is 8.51. The second-order valence-corrected chi connectivity index (χ2v) is 4.33. The van der Waals surface area contributed by atoms with E-state index in [-0.39, 0.29) is 10.5 Å². The van der Waals surface area contributed by atoms with Gasteiger partial charge in [0.05, 0.1) is 10.6 Å². The highest BCUT2D eigenvalue weighted by Crippen LogP contribution is 2.10. The SMILES string of the molecule is Cc1cc(=O)n(-c2cccc(S(=O)O)c2)[nH]1. The number of aromatic nitrogens is 2. The van der Waals surface area contributed by atoms with Crippen molar-refractivity contribution in [3.8, 4) is 5.69 Å². The Balaban J connectivity index is 2.56. The molecule has 84 valence electrons. The molecule has 2 aromatic rings. The zero-order chi connectivity index (χ0) is 11.7. The van der Waals surface area contributed by atoms with Gasteiger partial charge in [0, 0.05) is 11.8 Å². The number of aromatic amines is 1. The van der Waals surface area contributed by atoms with Crippen molar-refractivity contribution in [3.63, 3.8) is 0 Å². The molecule has 1 heterocycles. The molecule has 1 atom stereocenters. The van der Waals surface area contributed by atoms with E-state index in [4.69, 9.17) is 4.55 Å². The Morgan fingerprint density at radius 3 is 2.69 bits per heavy atom. The predicted molar refractivity (Wildman–Crippen MR) is 60.2 cm³/mol. The van der Waals surface area contributed by atoms with Crippen molar-refractivity contribution >= 4 is 11.1 Å². The minimum atomic E-state index is -2.04. The number of benzene rings is 1. The van der Waals surface area contributed by atoms with Crippen LogP contribution in [0.5, 0.6) is 0 Å². The van der Waals surface area contributed by atoms with E-state index in [0.717, 1.165) is 5.69 Å². The van der Waals surface area contributed by atoms with E-state index in [1.54, 1.807) is 19.1 Å². The maximum Gasteiger partial charge on any atom is 0.271 e. The molecule has 0 saturated carbocycles. The summed E-state index contributed by atoms with van der Waals surface area (Å²) in [4.78, 5) is 11.8. The molecular formula is C10H10N2O3S. The lowest BCUT2D eigenvalue weighted by Crippen LogP contribution is -2.13. The van der Waals surface area contributed by atoms with Gasteiger partial charge < -0.3 is 4.55 Å². The Labute approximate surface area is 94.0 Å². The molecule has 6 heteroatoms. The van der Waals surface area contributed by atoms with Crippen LogP contribution >= 0.6 is 0 Å². The van der Waals surface area contributed by atoms with Gasteiger partial charge in [-0.2, -0.15) is 0 Å². The van der Waals surface area contributed by atoms with Gasteiger partial charge in [0.1, 0.15) is 0 Å². The van der Waals surface area contributed by atoms with Crippen LogP contribution in [0, 0.1) is 6.92 Å². The van der Waals surface area contributed by atoms with Crippen molar-refractivity contribution in [2.75, 3.05) is 0 Å². The number of nitrogens with zero attached hydrogens (tertiary/aromatic N) is 1. The largest absolute Gasteiger partial charge is 0.302 e. The molecule has 1 unspecified atom stereocenters. The van der Waals surface area contributed by atoms with Gasteiger partial charge in [0.25, 0.3) is 5.56 Å². The lowest BCUT2D eigenvalue weighted by molar-refractivity contribution is 0.564. The number of rotatable bonds is 2. The average molecular weight is 238 g/mol. The topological polar surface area (TPSA) is 75.1 Å². The van der Waals surface area contributed by atoms with E-state index in [1.165, 1.54) is 22.9 Å². The molecule has 0 bridgehead atoms. The summed E-state index contributed by atoms with van der Waals surface area (Å²) in [7, 11) is 0. The molecule has 1 aromatic carbocycles. The van der Waals surface area contributed by atoms with Crippen molar-refractivity contribution in [2.45, 2.75) is 11.8 Å². The Morgan fingerprint density at radius 1 is 1.38 bits per heavy atom. The van der Waals surface area contributed by atoms with Crippen molar-refractivity contribution in [2.24, 2.45) is 0 Å². The van der Waals surface area contributed by atoms with Gasteiger partial charge >= 0.3 is 0 Å². The van der Waals surface area contributed by atoms with Crippen LogP contribution in [-0.2, 0) is 11.1 Å². The van der Waals surface area contributed by atoms with Crippen LogP contribution in [0.15, 0.2) is 40.0 Å². The summed E-state index contributed by atoms with van der Waals surface area (Å²) in [5.41, 5.74) is 1.08. The van der Waals surface area contributed by atoms with Crippen molar-refractivity contribution in [1.29, 1.82) is 0 Å². The molecule has 1 aromatic heterocycles. The summed E-state index contributed by atoms with van der Waals surface area (Å²) in [6.07, 6.45) is 0. The summed E-state index contributed by atoms with van der Waals surface area (Å²) in [5.74, 6) is 0. The normalized spacial score (nSPS) is 12.6. The third kappa shape index (κ3) is 1.98. The molecule has 0 spiro atoms. The van der Waals surface area contributed by atoms with E-state index in [0.29, 0.717) is 5.69 Å². The van der Waals surface area contributed by atoms with E-state index < -0.39 is 11.1 Å². The molecular weight excluding hydrogens is 228 g/mol. The van der Waals surface area contributed by atoms with Gasteiger partial charge in [-0.25, -0.2) is 8.89 Å². The van der Waals surface area contributed by atoms with Crippen LogP contribution in [0.1, 0.15) is 5.69 Å². The van der Waals surface area contributed by atoms with E-state index in [2.05, 4.69) is 5.10 Å². The molecule has 16 heavy (non-hydrogen) atoms. The van der Waals surface area contributed by atoms with Crippen LogP contribution in [0.4, 0.5) is 0 Å². The summed E-state index contributed by atoms with van der Waals surface area (Å²) < 4.78 is 21.2. The second kappa shape index (κ2) is 4.07. The maximum atomic E-state index is 11.5. The Kier molecular flexibility index (Phi) is 2.76. The van der Waals surface area contributed by atoms with E-state index in [9.17, 15) is 9.00 Å². The second-order valence-electron chi connectivity index (χ2n) is 3.36. The molecule has 0 aliphatic carbocycles. The lowest BCUT2D eigenvalue weighted by atomic mass is 10.3. The average Bonchev–Trinajstić information content (AvgIpc) is 2.58. The van der Waals surface area contributed by atoms with Gasteiger partial charge in [-0.1, -0.05) is 6.07 Å². The van der Waals surface area contributed by atoms with Crippen LogP contribution in [-0.4, -0.2) is 18.5 Å². The number of nitrogens with one attached hydrogen (secondary N) is 1. The summed E-state index contributed by atoms with van der Waals surface area (Å²) in [5, 5.41) is 2.85. The maximum absolute atomic E-state index is 11.5. The number of hydrogen-bond donors (Lipinski definition) is 2. The lowest BCUT2D eigenvalue weighted by Gasteiger charge is -2.02. The summed E-state index contributed by atoms with van der Waals surface area (Å²) in [6, 6.07) is 7.80.